The summed E-state index contributed by atoms with van der Waals surface area (Å²) in [7, 11) is 1.70. The molecule has 0 bridgehead atoms. The zero-order valence-corrected chi connectivity index (χ0v) is 31.5. The van der Waals surface area contributed by atoms with Crippen LogP contribution in [-0.4, -0.2) is 106 Å². The first-order chi connectivity index (χ1) is 26.1. The average Bonchev–Trinajstić information content (AvgIpc) is 3.63. The molecule has 54 heavy (non-hydrogen) atoms. The molecule has 0 aromatic heterocycles. The summed E-state index contributed by atoms with van der Waals surface area (Å²) in [5.74, 6) is -0.0868. The average molecular weight is 750 g/mol. The van der Waals surface area contributed by atoms with E-state index < -0.39 is 36.5 Å². The van der Waals surface area contributed by atoms with E-state index in [2.05, 4.69) is 15.9 Å². The normalized spacial score (nSPS) is 21.7. The predicted molar refractivity (Wildman–Crippen MR) is 201 cm³/mol. The maximum absolute atomic E-state index is 13.8. The number of fused-ring (bicyclic) bond motifs is 1. The summed E-state index contributed by atoms with van der Waals surface area (Å²) in [6.07, 6.45) is -1.78. The molecule has 13 heteroatoms. The molecule has 3 aromatic carbocycles. The SMILES string of the molecule is COCCCN1CCOc2ccc(CO[C@H]3CN(C(=O)OC(C)OC(=O)C(C)C)C[C@@H](O)[C@@H]3c3ccc(OC4CCN(c5cccc(F)c5)C4)cc3)cc21. The van der Waals surface area contributed by atoms with Gasteiger partial charge in [0.25, 0.3) is 0 Å². The van der Waals surface area contributed by atoms with Crippen molar-refractivity contribution in [3.05, 3.63) is 83.7 Å². The van der Waals surface area contributed by atoms with Gasteiger partial charge in [0.2, 0.25) is 6.29 Å². The van der Waals surface area contributed by atoms with Gasteiger partial charge in [-0.1, -0.05) is 38.1 Å². The van der Waals surface area contributed by atoms with Crippen molar-refractivity contribution in [2.45, 2.75) is 70.7 Å². The number of benzene rings is 3. The maximum Gasteiger partial charge on any atom is 0.413 e. The summed E-state index contributed by atoms with van der Waals surface area (Å²) < 4.78 is 48.6. The number of carbonyl (C=O) groups is 2. The van der Waals surface area contributed by atoms with Gasteiger partial charge in [-0.3, -0.25) is 4.79 Å². The van der Waals surface area contributed by atoms with Crippen LogP contribution in [-0.2, 0) is 30.3 Å². The molecule has 0 saturated carbocycles. The lowest BCUT2D eigenvalue weighted by Crippen LogP contribution is -2.54. The Balaban J connectivity index is 1.15. The first-order valence-corrected chi connectivity index (χ1v) is 18.8. The fourth-order valence-corrected chi connectivity index (χ4v) is 7.21. The second kappa shape index (κ2) is 18.2. The van der Waals surface area contributed by atoms with Crippen LogP contribution in [0.15, 0.2) is 66.7 Å². The number of hydrogen-bond acceptors (Lipinski definition) is 11. The molecule has 1 amide bonds. The van der Waals surface area contributed by atoms with Crippen LogP contribution >= 0.6 is 0 Å². The number of rotatable bonds is 14. The number of likely N-dealkylation sites (tertiary alicyclic amines) is 1. The third-order valence-electron chi connectivity index (χ3n) is 10.0. The molecule has 2 fully saturated rings. The number of aliphatic hydroxyl groups is 1. The Bertz CT molecular complexity index is 1710. The highest BCUT2D eigenvalue weighted by molar-refractivity contribution is 5.72. The highest BCUT2D eigenvalue weighted by atomic mass is 19.1. The van der Waals surface area contributed by atoms with E-state index >= 15 is 0 Å². The van der Waals surface area contributed by atoms with Gasteiger partial charge in [-0.05, 0) is 60.0 Å². The number of aliphatic hydroxyl groups excluding tert-OH is 1. The minimum Gasteiger partial charge on any atom is -0.490 e. The summed E-state index contributed by atoms with van der Waals surface area (Å²) in [5, 5.41) is 11.6. The van der Waals surface area contributed by atoms with E-state index in [0.717, 1.165) is 60.7 Å². The summed E-state index contributed by atoms with van der Waals surface area (Å²) in [6, 6.07) is 20.2. The third-order valence-corrected chi connectivity index (χ3v) is 10.0. The van der Waals surface area contributed by atoms with Crippen molar-refractivity contribution in [1.29, 1.82) is 0 Å². The molecule has 0 aliphatic carbocycles. The smallest absolute Gasteiger partial charge is 0.413 e. The van der Waals surface area contributed by atoms with Crippen LogP contribution in [0.2, 0.25) is 0 Å². The maximum atomic E-state index is 13.8. The van der Waals surface area contributed by atoms with Crippen LogP contribution in [0.5, 0.6) is 11.5 Å². The van der Waals surface area contributed by atoms with Crippen molar-refractivity contribution in [2.75, 3.05) is 69.4 Å². The Kier molecular flexibility index (Phi) is 13.2. The lowest BCUT2D eigenvalue weighted by molar-refractivity contribution is -0.171. The number of anilines is 2. The van der Waals surface area contributed by atoms with E-state index in [0.29, 0.717) is 25.5 Å². The molecule has 292 valence electrons. The van der Waals surface area contributed by atoms with E-state index in [1.165, 1.54) is 24.0 Å². The number of hydrogen-bond donors (Lipinski definition) is 1. The molecule has 3 heterocycles. The number of esters is 1. The van der Waals surface area contributed by atoms with Crippen molar-refractivity contribution in [2.24, 2.45) is 5.92 Å². The molecule has 1 N–H and O–H groups in total. The highest BCUT2D eigenvalue weighted by Crippen LogP contribution is 2.36. The summed E-state index contributed by atoms with van der Waals surface area (Å²) in [4.78, 5) is 31.2. The minimum atomic E-state index is -1.10. The minimum absolute atomic E-state index is 0.00291. The molecule has 3 aliphatic heterocycles. The molecule has 5 atom stereocenters. The lowest BCUT2D eigenvalue weighted by Gasteiger charge is -2.41. The van der Waals surface area contributed by atoms with Gasteiger partial charge >= 0.3 is 12.1 Å². The van der Waals surface area contributed by atoms with E-state index in [1.54, 1.807) is 27.0 Å². The molecule has 2 saturated heterocycles. The number of nitrogens with zero attached hydrogens (tertiary/aromatic N) is 3. The molecule has 12 nitrogen and oxygen atoms in total. The van der Waals surface area contributed by atoms with E-state index in [-0.39, 0.29) is 37.5 Å². The molecular weight excluding hydrogens is 697 g/mol. The standard InChI is InChI=1S/C41H52FN3O9/c1-27(2)40(47)52-28(3)53-41(48)45-24-36(46)39(30-10-12-33(13-11-30)54-34-15-17-44(23-34)32-8-5-7-31(42)22-32)38(25-45)51-26-29-9-14-37-35(21-29)43(18-20-50-37)16-6-19-49-4/h5,7-14,21-22,27-28,34,36,38-39,46H,6,15-20,23-26H2,1-4H3/t28?,34?,36-,38+,39+/m1/s1. The molecule has 0 spiro atoms. The Morgan fingerprint density at radius 2 is 1.80 bits per heavy atom. The second-order valence-corrected chi connectivity index (χ2v) is 14.4. The third kappa shape index (κ3) is 9.93. The fraction of sp³-hybridized carbons (Fsp3) is 0.512. The molecule has 3 aromatic rings. The van der Waals surface area contributed by atoms with Gasteiger partial charge in [-0.25, -0.2) is 9.18 Å². The van der Waals surface area contributed by atoms with Gasteiger partial charge in [-0.15, -0.1) is 0 Å². The quantitative estimate of drug-likeness (QED) is 0.123. The first kappa shape index (κ1) is 39.1. The van der Waals surface area contributed by atoms with E-state index in [4.69, 9.17) is 28.4 Å². The number of carbonyl (C=O) groups excluding carboxylic acids is 2. The van der Waals surface area contributed by atoms with Crippen LogP contribution in [0.1, 0.15) is 50.7 Å². The summed E-state index contributed by atoms with van der Waals surface area (Å²) in [6.45, 7) is 9.53. The largest absolute Gasteiger partial charge is 0.490 e. The predicted octanol–water partition coefficient (Wildman–Crippen LogP) is 5.75. The number of β-amino-alcohol motifs (C(OH)–C–C–N with tert-alkyl or cyclic N) is 1. The van der Waals surface area contributed by atoms with Gasteiger partial charge in [-0.2, -0.15) is 0 Å². The van der Waals surface area contributed by atoms with Crippen LogP contribution in [0.4, 0.5) is 20.6 Å². The zero-order valence-electron chi connectivity index (χ0n) is 31.5. The molecule has 0 radical (unpaired) electrons. The molecule has 2 unspecified atom stereocenters. The van der Waals surface area contributed by atoms with Crippen LogP contribution in [0.3, 0.4) is 0 Å². The van der Waals surface area contributed by atoms with Crippen LogP contribution < -0.4 is 19.3 Å². The topological polar surface area (TPSA) is 119 Å². The van der Waals surface area contributed by atoms with Gasteiger partial charge < -0.3 is 48.2 Å². The van der Waals surface area contributed by atoms with Gasteiger partial charge in [0.1, 0.15) is 30.0 Å². The second-order valence-electron chi connectivity index (χ2n) is 14.4. The Morgan fingerprint density at radius 3 is 2.56 bits per heavy atom. The molecule has 6 rings (SSSR count). The van der Waals surface area contributed by atoms with Crippen molar-refractivity contribution >= 4 is 23.4 Å². The number of ether oxygens (including phenoxy) is 6. The van der Waals surface area contributed by atoms with Crippen molar-refractivity contribution < 1.29 is 47.5 Å². The van der Waals surface area contributed by atoms with Crippen molar-refractivity contribution in [1.82, 2.24) is 4.90 Å². The number of amides is 1. The first-order valence-electron chi connectivity index (χ1n) is 18.8. The van der Waals surface area contributed by atoms with E-state index in [1.807, 2.05) is 42.5 Å². The molecule has 3 aliphatic rings. The van der Waals surface area contributed by atoms with Crippen LogP contribution in [0, 0.1) is 11.7 Å². The van der Waals surface area contributed by atoms with Crippen molar-refractivity contribution in [3.8, 4) is 11.5 Å². The Hall–Kier alpha value is -4.59. The number of halogens is 1. The van der Waals surface area contributed by atoms with Crippen LogP contribution in [0.25, 0.3) is 0 Å². The zero-order chi connectivity index (χ0) is 38.2. The number of piperidine rings is 1. The fourth-order valence-electron chi connectivity index (χ4n) is 7.21. The van der Waals surface area contributed by atoms with Crippen molar-refractivity contribution in [3.63, 3.8) is 0 Å². The Morgan fingerprint density at radius 1 is 0.981 bits per heavy atom. The summed E-state index contributed by atoms with van der Waals surface area (Å²) >= 11 is 0. The van der Waals surface area contributed by atoms with Gasteiger partial charge in [0.15, 0.2) is 0 Å². The van der Waals surface area contributed by atoms with E-state index in [9.17, 15) is 19.1 Å². The molecular formula is C41H52FN3O9. The monoisotopic (exact) mass is 749 g/mol. The van der Waals surface area contributed by atoms with Gasteiger partial charge in [0.05, 0.1) is 56.6 Å². The number of methoxy groups -OCH3 is 1. The lowest BCUT2D eigenvalue weighted by atomic mass is 9.84. The highest BCUT2D eigenvalue weighted by Gasteiger charge is 2.41. The Labute approximate surface area is 316 Å². The van der Waals surface area contributed by atoms with Gasteiger partial charge in [0, 0.05) is 51.8 Å². The summed E-state index contributed by atoms with van der Waals surface area (Å²) in [5.41, 5.74) is 3.58.